The third kappa shape index (κ3) is 2.77. The fraction of sp³-hybridized carbons (Fsp3) is 0.133. The van der Waals surface area contributed by atoms with Gasteiger partial charge in [-0.3, -0.25) is 4.90 Å². The lowest BCUT2D eigenvalue weighted by atomic mass is 10.1. The summed E-state index contributed by atoms with van der Waals surface area (Å²) in [6.45, 7) is 1.99. The van der Waals surface area contributed by atoms with Crippen molar-refractivity contribution in [3.05, 3.63) is 52.5 Å². The molecule has 0 aliphatic heterocycles. The molecule has 0 saturated heterocycles. The SMILES string of the molecule is CCc1ccc(N(C(N)=O)c2ccccc2Br)c(O)c1. The number of hydrogen-bond donors (Lipinski definition) is 2. The predicted octanol–water partition coefficient (Wildman–Crippen LogP) is 3.93. The molecule has 4 nitrogen and oxygen atoms in total. The van der Waals surface area contributed by atoms with Crippen LogP contribution in [0.5, 0.6) is 5.75 Å². The number of benzene rings is 2. The van der Waals surface area contributed by atoms with Crippen molar-refractivity contribution >= 4 is 33.3 Å². The topological polar surface area (TPSA) is 66.6 Å². The van der Waals surface area contributed by atoms with E-state index in [0.717, 1.165) is 16.5 Å². The molecular weight excluding hydrogens is 320 g/mol. The van der Waals surface area contributed by atoms with Crippen molar-refractivity contribution in [2.45, 2.75) is 13.3 Å². The van der Waals surface area contributed by atoms with Crippen LogP contribution >= 0.6 is 15.9 Å². The lowest BCUT2D eigenvalue weighted by Gasteiger charge is -2.23. The molecule has 0 aliphatic carbocycles. The number of aryl methyl sites for hydroxylation is 1. The van der Waals surface area contributed by atoms with Crippen molar-refractivity contribution in [1.82, 2.24) is 0 Å². The molecule has 2 rings (SSSR count). The average Bonchev–Trinajstić information content (AvgIpc) is 2.42. The van der Waals surface area contributed by atoms with Crippen LogP contribution in [-0.4, -0.2) is 11.1 Å². The molecule has 0 spiro atoms. The summed E-state index contributed by atoms with van der Waals surface area (Å²) in [6, 6.07) is 11.7. The number of rotatable bonds is 3. The number of nitrogens with zero attached hydrogens (tertiary/aromatic N) is 1. The number of phenolic OH excluding ortho intramolecular Hbond substituents is 1. The van der Waals surface area contributed by atoms with Gasteiger partial charge in [-0.25, -0.2) is 4.79 Å². The van der Waals surface area contributed by atoms with Gasteiger partial charge < -0.3 is 10.8 Å². The summed E-state index contributed by atoms with van der Waals surface area (Å²) < 4.78 is 0.720. The number of urea groups is 1. The maximum Gasteiger partial charge on any atom is 0.324 e. The van der Waals surface area contributed by atoms with Crippen LogP contribution < -0.4 is 10.6 Å². The summed E-state index contributed by atoms with van der Waals surface area (Å²) in [4.78, 5) is 13.1. The number of halogens is 1. The number of primary amides is 1. The highest BCUT2D eigenvalue weighted by molar-refractivity contribution is 9.10. The summed E-state index contributed by atoms with van der Waals surface area (Å²) in [5, 5.41) is 10.1. The molecule has 2 aromatic carbocycles. The second-order valence-corrected chi connectivity index (χ2v) is 5.16. The average molecular weight is 335 g/mol. The largest absolute Gasteiger partial charge is 0.506 e. The van der Waals surface area contributed by atoms with Gasteiger partial charge in [0, 0.05) is 4.47 Å². The first kappa shape index (κ1) is 14.4. The van der Waals surface area contributed by atoms with E-state index in [1.165, 1.54) is 4.90 Å². The van der Waals surface area contributed by atoms with Crippen LogP contribution in [0.2, 0.25) is 0 Å². The van der Waals surface area contributed by atoms with Crippen molar-refractivity contribution < 1.29 is 9.90 Å². The number of carbonyl (C=O) groups is 1. The fourth-order valence-corrected chi connectivity index (χ4v) is 2.44. The first-order valence-corrected chi connectivity index (χ1v) is 7.00. The van der Waals surface area contributed by atoms with Crippen LogP contribution in [0.15, 0.2) is 46.9 Å². The maximum absolute atomic E-state index is 11.8. The molecule has 3 N–H and O–H groups in total. The van der Waals surface area contributed by atoms with Gasteiger partial charge in [0.05, 0.1) is 11.4 Å². The summed E-state index contributed by atoms with van der Waals surface area (Å²) in [5.41, 5.74) is 7.40. The Morgan fingerprint density at radius 2 is 1.95 bits per heavy atom. The number of aromatic hydroxyl groups is 1. The van der Waals surface area contributed by atoms with Gasteiger partial charge >= 0.3 is 6.03 Å². The van der Waals surface area contributed by atoms with Gasteiger partial charge in [-0.15, -0.1) is 0 Å². The summed E-state index contributed by atoms with van der Waals surface area (Å²) in [6.07, 6.45) is 0.805. The van der Waals surface area contributed by atoms with Crippen LogP contribution in [-0.2, 0) is 6.42 Å². The van der Waals surface area contributed by atoms with Crippen molar-refractivity contribution in [2.24, 2.45) is 5.73 Å². The molecule has 5 heteroatoms. The Morgan fingerprint density at radius 1 is 1.25 bits per heavy atom. The minimum Gasteiger partial charge on any atom is -0.506 e. The molecule has 0 aliphatic rings. The van der Waals surface area contributed by atoms with Gasteiger partial charge in [0.1, 0.15) is 5.75 Å². The monoisotopic (exact) mass is 334 g/mol. The number of carbonyl (C=O) groups excluding carboxylic acids is 1. The quantitative estimate of drug-likeness (QED) is 0.892. The zero-order valence-electron chi connectivity index (χ0n) is 11.0. The van der Waals surface area contributed by atoms with Crippen LogP contribution in [0, 0.1) is 0 Å². The summed E-state index contributed by atoms with van der Waals surface area (Å²) in [5.74, 6) is 0.0268. The second kappa shape index (κ2) is 5.96. The van der Waals surface area contributed by atoms with Crippen molar-refractivity contribution in [3.63, 3.8) is 0 Å². The molecule has 0 atom stereocenters. The highest BCUT2D eigenvalue weighted by Crippen LogP contribution is 2.37. The fourth-order valence-electron chi connectivity index (χ4n) is 1.98. The maximum atomic E-state index is 11.8. The van der Waals surface area contributed by atoms with Crippen LogP contribution in [0.4, 0.5) is 16.2 Å². The van der Waals surface area contributed by atoms with Crippen LogP contribution in [0.3, 0.4) is 0 Å². The Kier molecular flexibility index (Phi) is 4.29. The number of hydrogen-bond acceptors (Lipinski definition) is 2. The number of phenols is 1. The van der Waals surface area contributed by atoms with E-state index >= 15 is 0 Å². The minimum absolute atomic E-state index is 0.0268. The van der Waals surface area contributed by atoms with Crippen molar-refractivity contribution in [3.8, 4) is 5.75 Å². The van der Waals surface area contributed by atoms with Crippen molar-refractivity contribution in [1.29, 1.82) is 0 Å². The Hall–Kier alpha value is -2.01. The lowest BCUT2D eigenvalue weighted by Crippen LogP contribution is -2.31. The normalized spacial score (nSPS) is 10.3. The van der Waals surface area contributed by atoms with Crippen molar-refractivity contribution in [2.75, 3.05) is 4.90 Å². The predicted molar refractivity (Wildman–Crippen MR) is 83.3 cm³/mol. The minimum atomic E-state index is -0.656. The Balaban J connectivity index is 2.55. The third-order valence-corrected chi connectivity index (χ3v) is 3.67. The number of para-hydroxylation sites is 1. The summed E-state index contributed by atoms with van der Waals surface area (Å²) >= 11 is 3.38. The molecule has 2 aromatic rings. The smallest absolute Gasteiger partial charge is 0.324 e. The molecular formula is C15H15BrN2O2. The molecule has 0 heterocycles. The van der Waals surface area contributed by atoms with Gasteiger partial charge in [0.2, 0.25) is 0 Å². The van der Waals surface area contributed by atoms with E-state index in [1.807, 2.05) is 25.1 Å². The van der Waals surface area contributed by atoms with Gasteiger partial charge in [-0.1, -0.05) is 25.1 Å². The molecule has 0 bridgehead atoms. The molecule has 0 radical (unpaired) electrons. The molecule has 0 aromatic heterocycles. The van der Waals surface area contributed by atoms with Crippen LogP contribution in [0.25, 0.3) is 0 Å². The molecule has 0 unspecified atom stereocenters. The Bertz CT molecular complexity index is 644. The van der Waals surface area contributed by atoms with Gasteiger partial charge in [0.25, 0.3) is 0 Å². The number of amides is 2. The van der Waals surface area contributed by atoms with E-state index in [9.17, 15) is 9.90 Å². The van der Waals surface area contributed by atoms with E-state index in [2.05, 4.69) is 15.9 Å². The molecule has 20 heavy (non-hydrogen) atoms. The highest BCUT2D eigenvalue weighted by atomic mass is 79.9. The van der Waals surface area contributed by atoms with E-state index in [-0.39, 0.29) is 5.75 Å². The summed E-state index contributed by atoms with van der Waals surface area (Å²) in [7, 11) is 0. The standard InChI is InChI=1S/C15H15BrN2O2/c1-2-10-7-8-13(14(19)9-10)18(15(17)20)12-6-4-3-5-11(12)16/h3-9,19H,2H2,1H3,(H2,17,20). The molecule has 104 valence electrons. The van der Waals surface area contributed by atoms with Gasteiger partial charge in [-0.2, -0.15) is 0 Å². The van der Waals surface area contributed by atoms with E-state index in [1.54, 1.807) is 24.3 Å². The Labute approximate surface area is 126 Å². The molecule has 0 fully saturated rings. The lowest BCUT2D eigenvalue weighted by molar-refractivity contribution is 0.256. The van der Waals surface area contributed by atoms with E-state index in [4.69, 9.17) is 5.73 Å². The Morgan fingerprint density at radius 3 is 2.50 bits per heavy atom. The molecule has 0 saturated carbocycles. The van der Waals surface area contributed by atoms with E-state index < -0.39 is 6.03 Å². The van der Waals surface area contributed by atoms with E-state index in [0.29, 0.717) is 11.4 Å². The molecule has 2 amide bonds. The first-order valence-electron chi connectivity index (χ1n) is 6.20. The second-order valence-electron chi connectivity index (χ2n) is 4.30. The number of anilines is 2. The van der Waals surface area contributed by atoms with Gasteiger partial charge in [-0.05, 0) is 52.2 Å². The zero-order valence-corrected chi connectivity index (χ0v) is 12.6. The third-order valence-electron chi connectivity index (χ3n) is 3.00. The van der Waals surface area contributed by atoms with Gasteiger partial charge in [0.15, 0.2) is 0 Å². The van der Waals surface area contributed by atoms with Crippen LogP contribution in [0.1, 0.15) is 12.5 Å². The zero-order chi connectivity index (χ0) is 14.7. The number of nitrogens with two attached hydrogens (primary N) is 1. The first-order chi connectivity index (χ1) is 9.54. The highest BCUT2D eigenvalue weighted by Gasteiger charge is 2.20.